The zero-order valence-corrected chi connectivity index (χ0v) is 15.7. The van der Waals surface area contributed by atoms with Crippen LogP contribution in [-0.2, 0) is 0 Å². The molecule has 0 atom stereocenters. The van der Waals surface area contributed by atoms with Gasteiger partial charge in [-0.05, 0) is 37.1 Å². The second-order valence-corrected chi connectivity index (χ2v) is 6.78. The summed E-state index contributed by atoms with van der Waals surface area (Å²) in [5.74, 6) is -0.212. The van der Waals surface area contributed by atoms with Crippen LogP contribution in [0.3, 0.4) is 0 Å². The largest absolute Gasteiger partial charge is 0.368 e. The number of hydrogen-bond donors (Lipinski definition) is 0. The Hall–Kier alpha value is -1.78. The Morgan fingerprint density at radius 1 is 0.960 bits per heavy atom. The molecule has 1 saturated heterocycles. The van der Waals surface area contributed by atoms with Gasteiger partial charge in [0, 0.05) is 45.0 Å². The van der Waals surface area contributed by atoms with E-state index in [1.807, 2.05) is 21.9 Å². The number of anilines is 1. The Morgan fingerprint density at radius 2 is 1.56 bits per heavy atom. The molecule has 0 unspecified atom stereocenters. The number of piperazine rings is 1. The number of carbonyl (C=O) groups is 1. The number of nitrogens with zero attached hydrogens (tertiary/aromatic N) is 3. The van der Waals surface area contributed by atoms with Crippen molar-refractivity contribution in [1.29, 1.82) is 0 Å². The van der Waals surface area contributed by atoms with Crippen LogP contribution in [0.5, 0.6) is 0 Å². The van der Waals surface area contributed by atoms with Gasteiger partial charge in [0.2, 0.25) is 0 Å². The Kier molecular flexibility index (Phi) is 8.02. The first-order valence-electron chi connectivity index (χ1n) is 9.70. The van der Waals surface area contributed by atoms with E-state index in [0.717, 1.165) is 64.2 Å². The third kappa shape index (κ3) is 5.91. The zero-order chi connectivity index (χ0) is 18.1. The molecule has 0 aromatic heterocycles. The lowest BCUT2D eigenvalue weighted by Gasteiger charge is -2.38. The van der Waals surface area contributed by atoms with Crippen molar-refractivity contribution in [3.05, 3.63) is 30.1 Å². The van der Waals surface area contributed by atoms with Crippen LogP contribution in [0.15, 0.2) is 24.3 Å². The van der Waals surface area contributed by atoms with Crippen LogP contribution in [-0.4, -0.2) is 55.1 Å². The first-order valence-corrected chi connectivity index (χ1v) is 9.70. The SMILES string of the molecule is CCCCCN(CCCC)C(=O)N1CCN(c2ccc(F)cc2)CC1. The van der Waals surface area contributed by atoms with Gasteiger partial charge >= 0.3 is 6.03 Å². The van der Waals surface area contributed by atoms with Crippen molar-refractivity contribution in [3.8, 4) is 0 Å². The summed E-state index contributed by atoms with van der Waals surface area (Å²) in [6, 6.07) is 6.79. The highest BCUT2D eigenvalue weighted by atomic mass is 19.1. The normalized spacial score (nSPS) is 14.7. The lowest BCUT2D eigenvalue weighted by Crippen LogP contribution is -2.53. The smallest absolute Gasteiger partial charge is 0.320 e. The molecule has 1 heterocycles. The monoisotopic (exact) mass is 349 g/mol. The van der Waals surface area contributed by atoms with Gasteiger partial charge in [-0.25, -0.2) is 9.18 Å². The van der Waals surface area contributed by atoms with Gasteiger partial charge in [0.15, 0.2) is 0 Å². The van der Waals surface area contributed by atoms with Crippen molar-refractivity contribution in [1.82, 2.24) is 9.80 Å². The van der Waals surface area contributed by atoms with E-state index in [9.17, 15) is 9.18 Å². The van der Waals surface area contributed by atoms with Crippen LogP contribution in [0, 0.1) is 5.82 Å². The lowest BCUT2D eigenvalue weighted by atomic mass is 10.2. The minimum atomic E-state index is -0.212. The molecule has 0 aliphatic carbocycles. The summed E-state index contributed by atoms with van der Waals surface area (Å²) in [4.78, 5) is 19.1. The summed E-state index contributed by atoms with van der Waals surface area (Å²) >= 11 is 0. The molecule has 1 aliphatic rings. The molecule has 5 heteroatoms. The molecule has 1 aromatic carbocycles. The Morgan fingerprint density at radius 3 is 2.16 bits per heavy atom. The maximum absolute atomic E-state index is 13.1. The summed E-state index contributed by atoms with van der Waals surface area (Å²) in [5.41, 5.74) is 1.03. The molecule has 0 N–H and O–H groups in total. The van der Waals surface area contributed by atoms with Gasteiger partial charge in [0.1, 0.15) is 5.82 Å². The topological polar surface area (TPSA) is 26.8 Å². The number of unbranched alkanes of at least 4 members (excludes halogenated alkanes) is 3. The summed E-state index contributed by atoms with van der Waals surface area (Å²) in [5, 5.41) is 0. The van der Waals surface area contributed by atoms with Crippen LogP contribution < -0.4 is 4.90 Å². The predicted octanol–water partition coefficient (Wildman–Crippen LogP) is 4.36. The Bertz CT molecular complexity index is 512. The number of rotatable bonds is 8. The minimum Gasteiger partial charge on any atom is -0.368 e. The summed E-state index contributed by atoms with van der Waals surface area (Å²) in [7, 11) is 0. The number of hydrogen-bond acceptors (Lipinski definition) is 2. The molecule has 0 saturated carbocycles. The third-order valence-electron chi connectivity index (χ3n) is 4.83. The molecule has 140 valence electrons. The Labute approximate surface area is 151 Å². The van der Waals surface area contributed by atoms with E-state index in [-0.39, 0.29) is 11.8 Å². The number of benzene rings is 1. The quantitative estimate of drug-likeness (QED) is 0.652. The minimum absolute atomic E-state index is 0.184. The fraction of sp³-hybridized carbons (Fsp3) is 0.650. The van der Waals surface area contributed by atoms with Crippen molar-refractivity contribution < 1.29 is 9.18 Å². The molecule has 2 amide bonds. The molecule has 25 heavy (non-hydrogen) atoms. The van der Waals surface area contributed by atoms with Crippen LogP contribution in [0.1, 0.15) is 46.0 Å². The summed E-state index contributed by atoms with van der Waals surface area (Å²) in [6.07, 6.45) is 5.60. The van der Waals surface area contributed by atoms with Crippen molar-refractivity contribution in [3.63, 3.8) is 0 Å². The van der Waals surface area contributed by atoms with E-state index >= 15 is 0 Å². The maximum Gasteiger partial charge on any atom is 0.320 e. The average Bonchev–Trinajstić information content (AvgIpc) is 2.65. The van der Waals surface area contributed by atoms with Gasteiger partial charge in [-0.15, -0.1) is 0 Å². The molecular weight excluding hydrogens is 317 g/mol. The molecule has 1 aromatic rings. The first-order chi connectivity index (χ1) is 12.2. The Balaban J connectivity index is 1.87. The van der Waals surface area contributed by atoms with Gasteiger partial charge in [-0.2, -0.15) is 0 Å². The highest BCUT2D eigenvalue weighted by Crippen LogP contribution is 2.18. The molecule has 0 bridgehead atoms. The van der Waals surface area contributed by atoms with E-state index in [2.05, 4.69) is 18.7 Å². The number of amides is 2. The molecule has 0 spiro atoms. The van der Waals surface area contributed by atoms with Gasteiger partial charge in [-0.1, -0.05) is 33.1 Å². The summed E-state index contributed by atoms with van der Waals surface area (Å²) < 4.78 is 13.1. The highest BCUT2D eigenvalue weighted by molar-refractivity contribution is 5.74. The van der Waals surface area contributed by atoms with Crippen molar-refractivity contribution in [2.45, 2.75) is 46.0 Å². The molecule has 4 nitrogen and oxygen atoms in total. The first kappa shape index (κ1) is 19.5. The second-order valence-electron chi connectivity index (χ2n) is 6.78. The predicted molar refractivity (Wildman–Crippen MR) is 102 cm³/mol. The maximum atomic E-state index is 13.1. The second kappa shape index (κ2) is 10.3. The van der Waals surface area contributed by atoms with E-state index in [4.69, 9.17) is 0 Å². The fourth-order valence-corrected chi connectivity index (χ4v) is 3.21. The van der Waals surface area contributed by atoms with Crippen LogP contribution in [0.25, 0.3) is 0 Å². The lowest BCUT2D eigenvalue weighted by molar-refractivity contribution is 0.148. The van der Waals surface area contributed by atoms with E-state index in [1.165, 1.54) is 25.0 Å². The van der Waals surface area contributed by atoms with Crippen molar-refractivity contribution in [2.24, 2.45) is 0 Å². The van der Waals surface area contributed by atoms with Gasteiger partial charge < -0.3 is 14.7 Å². The van der Waals surface area contributed by atoms with E-state index < -0.39 is 0 Å². The fourth-order valence-electron chi connectivity index (χ4n) is 3.21. The van der Waals surface area contributed by atoms with Crippen molar-refractivity contribution in [2.75, 3.05) is 44.2 Å². The molecular formula is C20H32FN3O. The number of urea groups is 1. The summed E-state index contributed by atoms with van der Waals surface area (Å²) in [6.45, 7) is 9.13. The standard InChI is InChI=1S/C20H32FN3O/c1-3-5-7-13-23(12-6-4-2)20(25)24-16-14-22(15-17-24)19-10-8-18(21)9-11-19/h8-11H,3-7,12-17H2,1-2H3. The number of carbonyl (C=O) groups excluding carboxylic acids is 1. The van der Waals surface area contributed by atoms with Gasteiger partial charge in [0.25, 0.3) is 0 Å². The van der Waals surface area contributed by atoms with Crippen LogP contribution in [0.4, 0.5) is 14.9 Å². The number of halogens is 1. The van der Waals surface area contributed by atoms with Crippen LogP contribution in [0.2, 0.25) is 0 Å². The molecule has 2 rings (SSSR count). The zero-order valence-electron chi connectivity index (χ0n) is 15.7. The highest BCUT2D eigenvalue weighted by Gasteiger charge is 2.25. The molecule has 0 radical (unpaired) electrons. The van der Waals surface area contributed by atoms with Gasteiger partial charge in [0.05, 0.1) is 0 Å². The van der Waals surface area contributed by atoms with Crippen molar-refractivity contribution >= 4 is 11.7 Å². The molecule has 1 fully saturated rings. The third-order valence-corrected chi connectivity index (χ3v) is 4.83. The molecule has 1 aliphatic heterocycles. The van der Waals surface area contributed by atoms with E-state index in [1.54, 1.807) is 0 Å². The van der Waals surface area contributed by atoms with Crippen LogP contribution >= 0.6 is 0 Å². The average molecular weight is 349 g/mol. The van der Waals surface area contributed by atoms with Gasteiger partial charge in [-0.3, -0.25) is 0 Å². The van der Waals surface area contributed by atoms with E-state index in [0.29, 0.717) is 0 Å².